The standard InChI is InChI=1S/C25H24O6S/c1-4-17-8-10-21(18-9-11-22-19(13-18)15-31-25(22)26)24(23(17)29-2)30-14-16-6-5-7-20(12-16)32(3,27)28/h5-13H,4,14-15H2,1-3H3. The number of aryl methyl sites for hydroxylation is 1. The molecule has 0 fully saturated rings. The normalized spacial score (nSPS) is 12.9. The second-order valence-corrected chi connectivity index (χ2v) is 9.66. The highest BCUT2D eigenvalue weighted by Crippen LogP contribution is 2.42. The number of sulfone groups is 1. The van der Waals surface area contributed by atoms with E-state index in [0.717, 1.165) is 34.2 Å². The first-order valence-corrected chi connectivity index (χ1v) is 12.1. The summed E-state index contributed by atoms with van der Waals surface area (Å²) in [6, 6.07) is 16.2. The van der Waals surface area contributed by atoms with Gasteiger partial charge in [0.05, 0.1) is 17.6 Å². The summed E-state index contributed by atoms with van der Waals surface area (Å²) in [5, 5.41) is 0. The number of rotatable bonds is 7. The Hall–Kier alpha value is -3.32. The zero-order valence-corrected chi connectivity index (χ0v) is 19.0. The number of benzene rings is 3. The maximum atomic E-state index is 11.9. The molecule has 166 valence electrons. The molecule has 0 atom stereocenters. The third-order valence-corrected chi connectivity index (χ3v) is 6.59. The summed E-state index contributed by atoms with van der Waals surface area (Å²) in [5.41, 5.74) is 4.83. The van der Waals surface area contributed by atoms with Crippen LogP contribution in [0.25, 0.3) is 11.1 Å². The minimum absolute atomic E-state index is 0.173. The van der Waals surface area contributed by atoms with E-state index in [2.05, 4.69) is 0 Å². The van der Waals surface area contributed by atoms with Gasteiger partial charge in [-0.15, -0.1) is 0 Å². The minimum atomic E-state index is -3.31. The molecular formula is C25H24O6S. The van der Waals surface area contributed by atoms with Crippen LogP contribution in [0.5, 0.6) is 11.5 Å². The Bertz CT molecular complexity index is 1290. The van der Waals surface area contributed by atoms with Crippen LogP contribution >= 0.6 is 0 Å². The first-order valence-electron chi connectivity index (χ1n) is 10.2. The lowest BCUT2D eigenvalue weighted by atomic mass is 9.97. The largest absolute Gasteiger partial charge is 0.493 e. The van der Waals surface area contributed by atoms with Gasteiger partial charge in [0.15, 0.2) is 21.3 Å². The maximum absolute atomic E-state index is 11.9. The number of carbonyl (C=O) groups is 1. The van der Waals surface area contributed by atoms with E-state index in [1.54, 1.807) is 31.4 Å². The molecular weight excluding hydrogens is 428 g/mol. The second kappa shape index (κ2) is 8.67. The topological polar surface area (TPSA) is 78.9 Å². The van der Waals surface area contributed by atoms with E-state index in [1.807, 2.05) is 37.3 Å². The molecule has 3 aromatic carbocycles. The number of carbonyl (C=O) groups excluding carboxylic acids is 1. The third kappa shape index (κ3) is 4.21. The Balaban J connectivity index is 1.74. The highest BCUT2D eigenvalue weighted by molar-refractivity contribution is 7.90. The summed E-state index contributed by atoms with van der Waals surface area (Å²) in [5.74, 6) is 0.895. The van der Waals surface area contributed by atoms with Crippen LogP contribution < -0.4 is 9.47 Å². The van der Waals surface area contributed by atoms with Crippen molar-refractivity contribution in [2.75, 3.05) is 13.4 Å². The quantitative estimate of drug-likeness (QED) is 0.489. The van der Waals surface area contributed by atoms with Crippen molar-refractivity contribution in [2.24, 2.45) is 0 Å². The van der Waals surface area contributed by atoms with Crippen LogP contribution in [-0.4, -0.2) is 27.8 Å². The van der Waals surface area contributed by atoms with E-state index >= 15 is 0 Å². The van der Waals surface area contributed by atoms with E-state index in [0.29, 0.717) is 17.1 Å². The highest BCUT2D eigenvalue weighted by Gasteiger charge is 2.23. The first-order chi connectivity index (χ1) is 15.3. The van der Waals surface area contributed by atoms with Gasteiger partial charge in [-0.05, 0) is 47.4 Å². The van der Waals surface area contributed by atoms with Crippen molar-refractivity contribution < 1.29 is 27.4 Å². The second-order valence-electron chi connectivity index (χ2n) is 7.64. The average Bonchev–Trinajstić information content (AvgIpc) is 3.16. The third-order valence-electron chi connectivity index (χ3n) is 5.48. The van der Waals surface area contributed by atoms with E-state index in [4.69, 9.17) is 14.2 Å². The van der Waals surface area contributed by atoms with E-state index in [-0.39, 0.29) is 24.1 Å². The van der Waals surface area contributed by atoms with Gasteiger partial charge in [0.1, 0.15) is 13.2 Å². The molecule has 0 aromatic heterocycles. The molecule has 0 N–H and O–H groups in total. The van der Waals surface area contributed by atoms with Gasteiger partial charge in [-0.1, -0.05) is 37.3 Å². The number of fused-ring (bicyclic) bond motifs is 1. The van der Waals surface area contributed by atoms with E-state index < -0.39 is 9.84 Å². The maximum Gasteiger partial charge on any atom is 0.338 e. The molecule has 0 bridgehead atoms. The van der Waals surface area contributed by atoms with Gasteiger partial charge in [0.25, 0.3) is 0 Å². The van der Waals surface area contributed by atoms with E-state index in [9.17, 15) is 13.2 Å². The molecule has 32 heavy (non-hydrogen) atoms. The van der Waals surface area contributed by atoms with Gasteiger partial charge in [-0.25, -0.2) is 13.2 Å². The van der Waals surface area contributed by atoms with Gasteiger partial charge in [-0.3, -0.25) is 0 Å². The van der Waals surface area contributed by atoms with Crippen molar-refractivity contribution in [3.8, 4) is 22.6 Å². The van der Waals surface area contributed by atoms with Crippen LogP contribution in [0.4, 0.5) is 0 Å². The van der Waals surface area contributed by atoms with Crippen LogP contribution in [0, 0.1) is 0 Å². The number of esters is 1. The number of ether oxygens (including phenoxy) is 3. The lowest BCUT2D eigenvalue weighted by molar-refractivity contribution is 0.0535. The molecule has 0 saturated heterocycles. The van der Waals surface area contributed by atoms with Crippen LogP contribution in [0.1, 0.15) is 34.0 Å². The van der Waals surface area contributed by atoms with E-state index in [1.165, 1.54) is 6.26 Å². The number of cyclic esters (lactones) is 1. The number of hydrogen-bond donors (Lipinski definition) is 0. The average molecular weight is 453 g/mol. The summed E-state index contributed by atoms with van der Waals surface area (Å²) < 4.78 is 40.9. The molecule has 7 heteroatoms. The lowest BCUT2D eigenvalue weighted by Crippen LogP contribution is -2.03. The Kier molecular flexibility index (Phi) is 5.93. The van der Waals surface area contributed by atoms with Crippen molar-refractivity contribution in [3.63, 3.8) is 0 Å². The Morgan fingerprint density at radius 3 is 2.50 bits per heavy atom. The highest BCUT2D eigenvalue weighted by atomic mass is 32.2. The van der Waals surface area contributed by atoms with Gasteiger partial charge in [0, 0.05) is 17.4 Å². The first kappa shape index (κ1) is 21.9. The monoisotopic (exact) mass is 452 g/mol. The van der Waals surface area contributed by atoms with Crippen molar-refractivity contribution in [3.05, 3.63) is 76.9 Å². The Labute approximate surface area is 187 Å². The van der Waals surface area contributed by atoms with Crippen LogP contribution in [0.15, 0.2) is 59.5 Å². The molecule has 0 amide bonds. The zero-order valence-electron chi connectivity index (χ0n) is 18.2. The summed E-state index contributed by atoms with van der Waals surface area (Å²) in [4.78, 5) is 12.1. The lowest BCUT2D eigenvalue weighted by Gasteiger charge is -2.18. The SMILES string of the molecule is CCc1ccc(-c2ccc3c(c2)COC3=O)c(OCc2cccc(S(C)(=O)=O)c2)c1OC. The minimum Gasteiger partial charge on any atom is -0.493 e. The van der Waals surface area contributed by atoms with Gasteiger partial charge >= 0.3 is 5.97 Å². The molecule has 1 heterocycles. The van der Waals surface area contributed by atoms with Crippen LogP contribution in [-0.2, 0) is 34.2 Å². The molecule has 3 aromatic rings. The fourth-order valence-electron chi connectivity index (χ4n) is 3.80. The molecule has 0 radical (unpaired) electrons. The fraction of sp³-hybridized carbons (Fsp3) is 0.240. The van der Waals surface area contributed by atoms with Crippen molar-refractivity contribution in [1.29, 1.82) is 0 Å². The van der Waals surface area contributed by atoms with Crippen molar-refractivity contribution >= 4 is 15.8 Å². The summed E-state index contributed by atoms with van der Waals surface area (Å²) in [6.07, 6.45) is 1.94. The van der Waals surface area contributed by atoms with Crippen molar-refractivity contribution in [1.82, 2.24) is 0 Å². The molecule has 0 spiro atoms. The molecule has 0 aliphatic carbocycles. The number of methoxy groups -OCH3 is 1. The van der Waals surface area contributed by atoms with Crippen molar-refractivity contribution in [2.45, 2.75) is 31.5 Å². The van der Waals surface area contributed by atoms with Crippen LogP contribution in [0.3, 0.4) is 0 Å². The molecule has 6 nitrogen and oxygen atoms in total. The Morgan fingerprint density at radius 2 is 1.78 bits per heavy atom. The predicted octanol–water partition coefficient (Wildman–Crippen LogP) is 4.58. The smallest absolute Gasteiger partial charge is 0.338 e. The zero-order chi connectivity index (χ0) is 22.9. The number of hydrogen-bond acceptors (Lipinski definition) is 6. The Morgan fingerprint density at radius 1 is 1.00 bits per heavy atom. The molecule has 0 unspecified atom stereocenters. The summed E-state index contributed by atoms with van der Waals surface area (Å²) in [7, 11) is -1.71. The molecule has 1 aliphatic rings. The molecule has 1 aliphatic heterocycles. The van der Waals surface area contributed by atoms with Gasteiger partial charge in [0.2, 0.25) is 0 Å². The molecule has 4 rings (SSSR count). The summed E-state index contributed by atoms with van der Waals surface area (Å²) >= 11 is 0. The van der Waals surface area contributed by atoms with Gasteiger partial charge < -0.3 is 14.2 Å². The van der Waals surface area contributed by atoms with Crippen LogP contribution in [0.2, 0.25) is 0 Å². The predicted molar refractivity (Wildman–Crippen MR) is 121 cm³/mol. The van der Waals surface area contributed by atoms with Gasteiger partial charge in [-0.2, -0.15) is 0 Å². The fourth-order valence-corrected chi connectivity index (χ4v) is 4.49. The summed E-state index contributed by atoms with van der Waals surface area (Å²) in [6.45, 7) is 2.46. The molecule has 0 saturated carbocycles.